The van der Waals surface area contributed by atoms with Crippen LogP contribution in [0.1, 0.15) is 8.22 Å². The summed E-state index contributed by atoms with van der Waals surface area (Å²) in [6.07, 6.45) is 0. The number of thiophene rings is 1. The van der Waals surface area contributed by atoms with Crippen LogP contribution >= 0.6 is 11.3 Å². The average Bonchev–Trinajstić information content (AvgIpc) is 3.91. The molecule has 0 N–H and O–H groups in total. The van der Waals surface area contributed by atoms with Gasteiger partial charge in [-0.05, 0) is 70.2 Å². The Hall–Kier alpha value is -7.21. The predicted molar refractivity (Wildman–Crippen MR) is 233 cm³/mol. The molecule has 0 unspecified atom stereocenters. The highest BCUT2D eigenvalue weighted by atomic mass is 32.1. The third kappa shape index (κ3) is 5.56. The Morgan fingerprint density at radius 2 is 1.04 bits per heavy atom. The van der Waals surface area contributed by atoms with Crippen molar-refractivity contribution in [3.63, 3.8) is 0 Å². The normalized spacial score (nSPS) is 13.1. The lowest BCUT2D eigenvalue weighted by atomic mass is 9.92. The van der Waals surface area contributed by atoms with Gasteiger partial charge >= 0.3 is 0 Å². The first-order valence-corrected chi connectivity index (χ1v) is 19.0. The molecule has 56 heavy (non-hydrogen) atoms. The van der Waals surface area contributed by atoms with Gasteiger partial charge in [0.05, 0.1) is 8.22 Å². The van der Waals surface area contributed by atoms with E-state index in [2.05, 4.69) is 24.3 Å². The molecule has 0 saturated heterocycles. The number of nitrogens with zero attached hydrogens (tertiary/aromatic N) is 3. The van der Waals surface area contributed by atoms with Crippen LogP contribution in [0.2, 0.25) is 0 Å². The molecule has 0 fully saturated rings. The van der Waals surface area contributed by atoms with Crippen molar-refractivity contribution < 1.29 is 12.6 Å². The van der Waals surface area contributed by atoms with Crippen LogP contribution in [0.5, 0.6) is 0 Å². The summed E-state index contributed by atoms with van der Waals surface area (Å²) in [5.74, 6) is 0.699. The van der Waals surface area contributed by atoms with Crippen molar-refractivity contribution in [3.05, 3.63) is 188 Å². The van der Waals surface area contributed by atoms with Gasteiger partial charge in [0.25, 0.3) is 0 Å². The van der Waals surface area contributed by atoms with Crippen LogP contribution in [0.3, 0.4) is 0 Å². The highest BCUT2D eigenvalue weighted by Gasteiger charge is 2.19. The smallest absolute Gasteiger partial charge is 0.164 e. The van der Waals surface area contributed by atoms with Crippen molar-refractivity contribution in [1.82, 2.24) is 15.0 Å². The van der Waals surface area contributed by atoms with Crippen molar-refractivity contribution in [2.75, 3.05) is 0 Å². The van der Waals surface area contributed by atoms with Gasteiger partial charge in [-0.15, -0.1) is 11.3 Å². The van der Waals surface area contributed by atoms with Crippen LogP contribution in [0.25, 0.3) is 110 Å². The first kappa shape index (κ1) is 26.5. The lowest BCUT2D eigenvalue weighted by Crippen LogP contribution is -2.00. The number of hydrogen-bond acceptors (Lipinski definition) is 5. The van der Waals surface area contributed by atoms with E-state index in [0.29, 0.717) is 22.8 Å². The molecule has 0 radical (unpaired) electrons. The number of fused-ring (bicyclic) bond motifs is 6. The van der Waals surface area contributed by atoms with E-state index in [4.69, 9.17) is 22.1 Å². The minimum Gasteiger partial charge on any atom is -0.455 e. The molecule has 0 bridgehead atoms. The Balaban J connectivity index is 1.18. The highest BCUT2D eigenvalue weighted by molar-refractivity contribution is 7.25. The monoisotopic (exact) mass is 739 g/mol. The maximum absolute atomic E-state index is 9.71. The van der Waals surface area contributed by atoms with Gasteiger partial charge in [-0.2, -0.15) is 0 Å². The summed E-state index contributed by atoms with van der Waals surface area (Å²) in [7, 11) is 0. The van der Waals surface area contributed by atoms with Gasteiger partial charge in [-0.3, -0.25) is 0 Å². The first-order valence-electron chi connectivity index (χ1n) is 21.2. The summed E-state index contributed by atoms with van der Waals surface area (Å²) in [6, 6.07) is 47.5. The standard InChI is InChI=1S/C51H31N3OS/c1-4-14-32(15-5-1)36-28-37(33-16-6-2-7-17-33)30-38(29-36)39-21-12-22-41-40-27-26-35(31-44(40)55-48(39)41)50-52-49(34-18-8-3-9-19-34)53-51(54-50)43-23-13-25-46-47(43)42-20-10-11-24-45(42)56-46/h1-31H/i12D,21D,22D,26D,27D,31D. The second-order valence-electron chi connectivity index (χ2n) is 13.5. The van der Waals surface area contributed by atoms with Crippen LogP contribution < -0.4 is 0 Å². The van der Waals surface area contributed by atoms with E-state index in [-0.39, 0.29) is 75.1 Å². The molecule has 3 aromatic heterocycles. The first-order chi connectivity index (χ1) is 30.2. The molecule has 0 aliphatic carbocycles. The number of furan rings is 1. The molecule has 11 aromatic rings. The molecule has 262 valence electrons. The minimum absolute atomic E-state index is 0.0213. The van der Waals surface area contributed by atoms with Crippen molar-refractivity contribution in [1.29, 1.82) is 0 Å². The van der Waals surface area contributed by atoms with Crippen LogP contribution in [0, 0.1) is 0 Å². The number of rotatable bonds is 6. The molecule has 0 saturated carbocycles. The second kappa shape index (κ2) is 13.3. The van der Waals surface area contributed by atoms with Crippen LogP contribution in [0.15, 0.2) is 192 Å². The quantitative estimate of drug-likeness (QED) is 0.170. The van der Waals surface area contributed by atoms with Crippen molar-refractivity contribution in [2.45, 2.75) is 0 Å². The SMILES string of the molecule is [2H]c1c([2H])c([2H])c2c(oc3c([2H])c(-c4nc(-c5ccccc5)nc(-c5cccc6sc7ccccc7c56)n4)c([2H])c([2H])c32)c1-c1cc(-c2ccccc2)cc(-c2ccccc2)c1. The minimum atomic E-state index is -0.354. The van der Waals surface area contributed by atoms with E-state index in [1.54, 1.807) is 11.3 Å². The fourth-order valence-electron chi connectivity index (χ4n) is 7.38. The molecular formula is C51H31N3OS. The highest BCUT2D eigenvalue weighted by Crippen LogP contribution is 2.42. The molecule has 0 spiro atoms. The molecule has 0 aliphatic rings. The lowest BCUT2D eigenvalue weighted by molar-refractivity contribution is 0.670. The van der Waals surface area contributed by atoms with Gasteiger partial charge in [0, 0.05) is 53.2 Å². The van der Waals surface area contributed by atoms with Gasteiger partial charge in [0.15, 0.2) is 17.5 Å². The Morgan fingerprint density at radius 1 is 0.429 bits per heavy atom. The van der Waals surface area contributed by atoms with Crippen molar-refractivity contribution >= 4 is 53.4 Å². The fraction of sp³-hybridized carbons (Fsp3) is 0. The summed E-state index contributed by atoms with van der Waals surface area (Å²) >= 11 is 1.67. The van der Waals surface area contributed by atoms with Gasteiger partial charge < -0.3 is 4.42 Å². The van der Waals surface area contributed by atoms with Crippen molar-refractivity contribution in [3.8, 4) is 67.5 Å². The maximum atomic E-state index is 9.71. The molecule has 11 rings (SSSR count). The van der Waals surface area contributed by atoms with Crippen LogP contribution in [-0.4, -0.2) is 15.0 Å². The molecule has 0 amide bonds. The molecular weight excluding hydrogens is 703 g/mol. The van der Waals surface area contributed by atoms with Gasteiger partial charge in [0.2, 0.25) is 0 Å². The summed E-state index contributed by atoms with van der Waals surface area (Å²) in [6.45, 7) is 0. The van der Waals surface area contributed by atoms with E-state index < -0.39 is 0 Å². The van der Waals surface area contributed by atoms with E-state index >= 15 is 0 Å². The molecule has 0 aliphatic heterocycles. The Labute approximate surface area is 335 Å². The zero-order chi connectivity index (χ0) is 42.2. The van der Waals surface area contributed by atoms with E-state index in [1.807, 2.05) is 127 Å². The molecule has 0 atom stereocenters. The molecule has 8 aromatic carbocycles. The summed E-state index contributed by atoms with van der Waals surface area (Å²) < 4.78 is 64.9. The second-order valence-corrected chi connectivity index (χ2v) is 14.6. The predicted octanol–water partition coefficient (Wildman–Crippen LogP) is 14.1. The van der Waals surface area contributed by atoms with Gasteiger partial charge in [0.1, 0.15) is 11.2 Å². The number of para-hydroxylation sites is 1. The van der Waals surface area contributed by atoms with E-state index in [1.165, 1.54) is 0 Å². The largest absolute Gasteiger partial charge is 0.455 e. The third-order valence-corrected chi connectivity index (χ3v) is 11.2. The third-order valence-electron chi connectivity index (χ3n) is 10.0. The van der Waals surface area contributed by atoms with Crippen LogP contribution in [-0.2, 0) is 0 Å². The molecule has 5 heteroatoms. The Morgan fingerprint density at radius 3 is 1.77 bits per heavy atom. The fourth-order valence-corrected chi connectivity index (χ4v) is 8.52. The summed E-state index contributed by atoms with van der Waals surface area (Å²) in [4.78, 5) is 14.8. The van der Waals surface area contributed by atoms with Gasteiger partial charge in [-0.25, -0.2) is 15.0 Å². The Kier molecular flexibility index (Phi) is 6.29. The molecule has 4 nitrogen and oxygen atoms in total. The zero-order valence-corrected chi connectivity index (χ0v) is 30.4. The number of aromatic nitrogens is 3. The summed E-state index contributed by atoms with van der Waals surface area (Å²) in [5, 5.41) is 2.18. The van der Waals surface area contributed by atoms with Crippen molar-refractivity contribution in [2.24, 2.45) is 0 Å². The topological polar surface area (TPSA) is 51.8 Å². The Bertz CT molecular complexity index is 3540. The maximum Gasteiger partial charge on any atom is 0.164 e. The van der Waals surface area contributed by atoms with Gasteiger partial charge in [-0.1, -0.05) is 145 Å². The number of benzene rings is 8. The average molecular weight is 740 g/mol. The lowest BCUT2D eigenvalue weighted by Gasteiger charge is -2.11. The molecule has 3 heterocycles. The van der Waals surface area contributed by atoms with E-state index in [0.717, 1.165) is 48.0 Å². The van der Waals surface area contributed by atoms with Crippen LogP contribution in [0.4, 0.5) is 0 Å². The summed E-state index contributed by atoms with van der Waals surface area (Å²) in [5.41, 5.74) is 5.92. The number of hydrogen-bond donors (Lipinski definition) is 0. The van der Waals surface area contributed by atoms with E-state index in [9.17, 15) is 5.48 Å². The zero-order valence-electron chi connectivity index (χ0n) is 35.6.